The highest BCUT2D eigenvalue weighted by Gasteiger charge is 2.18. The van der Waals surface area contributed by atoms with Gasteiger partial charge in [0.15, 0.2) is 0 Å². The van der Waals surface area contributed by atoms with Gasteiger partial charge < -0.3 is 15.9 Å². The summed E-state index contributed by atoms with van der Waals surface area (Å²) >= 11 is 5.93. The average Bonchev–Trinajstić information content (AvgIpc) is 2.22. The molecule has 0 bridgehead atoms. The molecular formula is C12H16ClNO3. The summed E-state index contributed by atoms with van der Waals surface area (Å²) in [5.41, 5.74) is 6.61. The number of carboxylic acids is 1. The molecule has 0 saturated carbocycles. The molecule has 0 spiro atoms. The summed E-state index contributed by atoms with van der Waals surface area (Å²) in [5.74, 6) is -0.912. The lowest BCUT2D eigenvalue weighted by Gasteiger charge is -2.14. The number of carbonyl (C=O) groups is 1. The number of carboxylic acid groups (broad SMARTS) is 1. The van der Waals surface area contributed by atoms with Gasteiger partial charge in [-0.15, -0.1) is 0 Å². The first-order valence-corrected chi connectivity index (χ1v) is 5.70. The zero-order chi connectivity index (χ0) is 13.2. The van der Waals surface area contributed by atoms with Crippen molar-refractivity contribution in [3.63, 3.8) is 0 Å². The lowest BCUT2D eigenvalue weighted by Crippen LogP contribution is -2.32. The Kier molecular flexibility index (Phi) is 4.37. The van der Waals surface area contributed by atoms with Crippen LogP contribution in [0.15, 0.2) is 12.1 Å². The smallest absolute Gasteiger partial charge is 0.320 e. The summed E-state index contributed by atoms with van der Waals surface area (Å²) in [5, 5.41) is 19.2. The second kappa shape index (κ2) is 5.38. The number of hydrogen-bond donors (Lipinski definition) is 3. The molecule has 0 aliphatic rings. The first kappa shape index (κ1) is 13.8. The Morgan fingerprint density at radius 1 is 1.47 bits per heavy atom. The van der Waals surface area contributed by atoms with Gasteiger partial charge in [0.1, 0.15) is 11.8 Å². The van der Waals surface area contributed by atoms with Crippen LogP contribution in [-0.2, 0) is 11.2 Å². The number of aromatic hydroxyl groups is 1. The molecule has 1 rings (SSSR count). The van der Waals surface area contributed by atoms with E-state index in [1.807, 2.05) is 13.8 Å². The minimum Gasteiger partial charge on any atom is -0.507 e. The molecule has 1 aromatic rings. The molecule has 0 radical (unpaired) electrons. The van der Waals surface area contributed by atoms with E-state index in [1.54, 1.807) is 12.1 Å². The Hall–Kier alpha value is -1.26. The summed E-state index contributed by atoms with van der Waals surface area (Å²) in [7, 11) is 0. The Labute approximate surface area is 105 Å². The monoisotopic (exact) mass is 257 g/mol. The van der Waals surface area contributed by atoms with Crippen LogP contribution < -0.4 is 5.73 Å². The predicted octanol–water partition coefficient (Wildman–Crippen LogP) is 2.12. The number of nitrogens with two attached hydrogens (primary N) is 1. The number of benzene rings is 1. The lowest BCUT2D eigenvalue weighted by atomic mass is 9.96. The van der Waals surface area contributed by atoms with Crippen LogP contribution in [0.25, 0.3) is 0 Å². The maximum absolute atomic E-state index is 10.7. The Bertz CT molecular complexity index is 432. The second-order valence-corrected chi connectivity index (χ2v) is 4.74. The summed E-state index contributed by atoms with van der Waals surface area (Å²) in [6.45, 7) is 3.85. The Morgan fingerprint density at radius 2 is 2.06 bits per heavy atom. The second-order valence-electron chi connectivity index (χ2n) is 4.31. The van der Waals surface area contributed by atoms with Gasteiger partial charge >= 0.3 is 5.97 Å². The molecule has 1 unspecified atom stereocenters. The maximum atomic E-state index is 10.7. The number of halogens is 1. The molecule has 4 nitrogen and oxygen atoms in total. The third-order valence-electron chi connectivity index (χ3n) is 2.56. The quantitative estimate of drug-likeness (QED) is 0.772. The van der Waals surface area contributed by atoms with Gasteiger partial charge in [-0.3, -0.25) is 4.79 Å². The summed E-state index contributed by atoms with van der Waals surface area (Å²) in [4.78, 5) is 10.7. The van der Waals surface area contributed by atoms with E-state index in [4.69, 9.17) is 22.4 Å². The largest absolute Gasteiger partial charge is 0.507 e. The molecule has 0 fully saturated rings. The van der Waals surface area contributed by atoms with Gasteiger partial charge in [-0.05, 0) is 29.2 Å². The minimum absolute atomic E-state index is 0.0570. The van der Waals surface area contributed by atoms with E-state index in [0.29, 0.717) is 16.1 Å². The molecule has 5 heteroatoms. The molecule has 0 amide bonds. The van der Waals surface area contributed by atoms with Crippen LogP contribution in [0.5, 0.6) is 5.75 Å². The van der Waals surface area contributed by atoms with E-state index in [1.165, 1.54) is 0 Å². The van der Waals surface area contributed by atoms with Crippen molar-refractivity contribution < 1.29 is 15.0 Å². The van der Waals surface area contributed by atoms with Gasteiger partial charge in [-0.1, -0.05) is 25.4 Å². The topological polar surface area (TPSA) is 83.6 Å². The van der Waals surface area contributed by atoms with Crippen molar-refractivity contribution in [3.8, 4) is 5.75 Å². The van der Waals surface area contributed by atoms with Gasteiger partial charge in [0.2, 0.25) is 0 Å². The molecule has 0 aliphatic heterocycles. The normalized spacial score (nSPS) is 12.8. The highest BCUT2D eigenvalue weighted by molar-refractivity contribution is 6.30. The number of phenols is 1. The highest BCUT2D eigenvalue weighted by atomic mass is 35.5. The maximum Gasteiger partial charge on any atom is 0.320 e. The third kappa shape index (κ3) is 3.35. The standard InChI is InChI=1S/C12H16ClNO3/c1-6(2)9-5-8(13)3-7(11(9)15)4-10(14)12(16)17/h3,5-6,10,15H,4,14H2,1-2H3,(H,16,17). The van der Waals surface area contributed by atoms with E-state index >= 15 is 0 Å². The minimum atomic E-state index is -1.10. The van der Waals surface area contributed by atoms with Crippen molar-refractivity contribution in [1.29, 1.82) is 0 Å². The summed E-state index contributed by atoms with van der Waals surface area (Å²) in [6.07, 6.45) is 0.0570. The molecule has 94 valence electrons. The fourth-order valence-electron chi connectivity index (χ4n) is 1.60. The van der Waals surface area contributed by atoms with Gasteiger partial charge in [0, 0.05) is 11.4 Å². The van der Waals surface area contributed by atoms with Crippen LogP contribution in [0.1, 0.15) is 30.9 Å². The third-order valence-corrected chi connectivity index (χ3v) is 2.78. The van der Waals surface area contributed by atoms with E-state index in [0.717, 1.165) is 0 Å². The van der Waals surface area contributed by atoms with Gasteiger partial charge in [0.05, 0.1) is 0 Å². The number of phenolic OH excluding ortho intramolecular Hbond substituents is 1. The number of aliphatic carboxylic acids is 1. The van der Waals surface area contributed by atoms with E-state index < -0.39 is 12.0 Å². The van der Waals surface area contributed by atoms with Crippen LogP contribution >= 0.6 is 11.6 Å². The van der Waals surface area contributed by atoms with Crippen molar-refractivity contribution in [2.24, 2.45) is 5.73 Å². The SMILES string of the molecule is CC(C)c1cc(Cl)cc(CC(N)C(=O)O)c1O. The van der Waals surface area contributed by atoms with E-state index in [9.17, 15) is 9.90 Å². The van der Waals surface area contributed by atoms with Crippen LogP contribution in [0.2, 0.25) is 5.02 Å². The van der Waals surface area contributed by atoms with Crippen molar-refractivity contribution in [2.45, 2.75) is 32.2 Å². The number of rotatable bonds is 4. The average molecular weight is 258 g/mol. The van der Waals surface area contributed by atoms with Gasteiger partial charge in [0.25, 0.3) is 0 Å². The van der Waals surface area contributed by atoms with Crippen LogP contribution in [-0.4, -0.2) is 22.2 Å². The molecule has 1 aromatic carbocycles. The summed E-state index contributed by atoms with van der Waals surface area (Å²) in [6, 6.07) is 2.18. The van der Waals surface area contributed by atoms with Gasteiger partial charge in [-0.25, -0.2) is 0 Å². The molecule has 0 aliphatic carbocycles. The van der Waals surface area contributed by atoms with E-state index in [-0.39, 0.29) is 18.1 Å². The van der Waals surface area contributed by atoms with Crippen molar-refractivity contribution >= 4 is 17.6 Å². The fraction of sp³-hybridized carbons (Fsp3) is 0.417. The molecule has 17 heavy (non-hydrogen) atoms. The first-order valence-electron chi connectivity index (χ1n) is 5.32. The van der Waals surface area contributed by atoms with Crippen molar-refractivity contribution in [3.05, 3.63) is 28.3 Å². The zero-order valence-electron chi connectivity index (χ0n) is 9.77. The van der Waals surface area contributed by atoms with E-state index in [2.05, 4.69) is 0 Å². The summed E-state index contributed by atoms with van der Waals surface area (Å²) < 4.78 is 0. The fourth-order valence-corrected chi connectivity index (χ4v) is 1.85. The first-order chi connectivity index (χ1) is 7.82. The van der Waals surface area contributed by atoms with Crippen molar-refractivity contribution in [1.82, 2.24) is 0 Å². The van der Waals surface area contributed by atoms with Crippen LogP contribution in [0.3, 0.4) is 0 Å². The highest BCUT2D eigenvalue weighted by Crippen LogP contribution is 2.32. The van der Waals surface area contributed by atoms with Crippen LogP contribution in [0, 0.1) is 0 Å². The van der Waals surface area contributed by atoms with Gasteiger partial charge in [-0.2, -0.15) is 0 Å². The van der Waals surface area contributed by atoms with Crippen molar-refractivity contribution in [2.75, 3.05) is 0 Å². The van der Waals surface area contributed by atoms with Crippen LogP contribution in [0.4, 0.5) is 0 Å². The Balaban J connectivity index is 3.11. The molecule has 0 aromatic heterocycles. The Morgan fingerprint density at radius 3 is 2.53 bits per heavy atom. The lowest BCUT2D eigenvalue weighted by molar-refractivity contribution is -0.138. The molecular weight excluding hydrogens is 242 g/mol. The number of hydrogen-bond acceptors (Lipinski definition) is 3. The molecule has 1 atom stereocenters. The predicted molar refractivity (Wildman–Crippen MR) is 66.5 cm³/mol. The molecule has 0 saturated heterocycles. The molecule has 0 heterocycles. The molecule has 4 N–H and O–H groups in total. The zero-order valence-corrected chi connectivity index (χ0v) is 10.5.